The lowest BCUT2D eigenvalue weighted by Crippen LogP contribution is -2.59. The quantitative estimate of drug-likeness (QED) is 0.116. The largest absolute Gasteiger partial charge is 0.502 e. The second-order valence-corrected chi connectivity index (χ2v) is 15.2. The van der Waals surface area contributed by atoms with Gasteiger partial charge < -0.3 is 14.6 Å². The Hall–Kier alpha value is -5.29. The number of carbonyl (C=O) groups excluding carboxylic acids is 4. The Morgan fingerprint density at radius 1 is 0.830 bits per heavy atom. The highest BCUT2D eigenvalue weighted by atomic mass is 127. The van der Waals surface area contributed by atoms with Crippen LogP contribution in [0.2, 0.25) is 0 Å². The number of phenolic OH excluding ortho intramolecular Hbond substituents is 1. The number of aromatic hydroxyl groups is 1. The molecule has 8 rings (SSSR count). The highest BCUT2D eigenvalue weighted by Crippen LogP contribution is 2.61. The number of carbonyl (C=O) groups is 4. The fraction of sp³-hybridized carbons (Fsp3) is 0.227. The number of halogens is 1. The van der Waals surface area contributed by atoms with Crippen molar-refractivity contribution >= 4 is 63.3 Å². The van der Waals surface area contributed by atoms with Crippen LogP contribution in [-0.2, 0) is 24.6 Å². The van der Waals surface area contributed by atoms with Crippen molar-refractivity contribution < 1.29 is 33.8 Å². The first-order chi connectivity index (χ1) is 25.7. The summed E-state index contributed by atoms with van der Waals surface area (Å²) >= 11 is 2.19. The number of anilines is 1. The van der Waals surface area contributed by atoms with Crippen LogP contribution in [0.15, 0.2) is 121 Å². The number of rotatable bonds is 7. The molecule has 0 bridgehead atoms. The van der Waals surface area contributed by atoms with E-state index < -0.39 is 35.0 Å². The van der Waals surface area contributed by atoms with E-state index in [1.807, 2.05) is 91.0 Å². The van der Waals surface area contributed by atoms with Crippen LogP contribution in [0.3, 0.4) is 0 Å². The fourth-order valence-corrected chi connectivity index (χ4v) is 9.54. The predicted molar refractivity (Wildman–Crippen MR) is 209 cm³/mol. The standard InChI is InChI=1S/C44H36INO7/c1-52-36-21-25(22-37(53-2)41(36)49)13-20-34-30-18-19-31-39(43(51)46(42(31)50)29-16-14-28(45)15-17-29)33(30)23-35-40(48)32(26-9-5-3-6-10-26)24-38(47)44(34,35)27-11-7-4-8-12-27/h3-18,20-22,24,31,33-35,39,49H,19,23H2,1-2H3/t31-,33+,34-,35-,39-,44-/m0/s1. The second kappa shape index (κ2) is 13.6. The van der Waals surface area contributed by atoms with Crippen molar-refractivity contribution in [3.63, 3.8) is 0 Å². The zero-order valence-electron chi connectivity index (χ0n) is 29.1. The minimum Gasteiger partial charge on any atom is -0.502 e. The molecule has 4 aliphatic rings. The van der Waals surface area contributed by atoms with E-state index in [0.717, 1.165) is 9.14 Å². The molecule has 0 spiro atoms. The molecule has 53 heavy (non-hydrogen) atoms. The normalized spacial score (nSPS) is 26.5. The van der Waals surface area contributed by atoms with Gasteiger partial charge in [-0.2, -0.15) is 0 Å². The number of hydrogen-bond acceptors (Lipinski definition) is 7. The Kier molecular flexibility index (Phi) is 8.92. The molecule has 0 radical (unpaired) electrons. The molecule has 1 saturated carbocycles. The Morgan fingerprint density at radius 2 is 1.47 bits per heavy atom. The number of hydrogen-bond donors (Lipinski definition) is 1. The lowest BCUT2D eigenvalue weighted by molar-refractivity contribution is -0.135. The number of nitrogens with zero attached hydrogens (tertiary/aromatic N) is 1. The third kappa shape index (κ3) is 5.47. The van der Waals surface area contributed by atoms with E-state index in [4.69, 9.17) is 9.47 Å². The van der Waals surface area contributed by atoms with Crippen molar-refractivity contribution in [2.75, 3.05) is 19.1 Å². The van der Waals surface area contributed by atoms with Crippen LogP contribution < -0.4 is 14.4 Å². The lowest BCUT2D eigenvalue weighted by atomic mass is 9.45. The molecular formula is C44H36INO7. The van der Waals surface area contributed by atoms with Gasteiger partial charge in [-0.05, 0) is 101 Å². The van der Waals surface area contributed by atoms with E-state index in [0.29, 0.717) is 34.4 Å². The first kappa shape index (κ1) is 34.8. The maximum atomic E-state index is 15.1. The summed E-state index contributed by atoms with van der Waals surface area (Å²) in [5.41, 5.74) is 2.39. The monoisotopic (exact) mass is 817 g/mol. The SMILES string of the molecule is COc1cc(C=C[C@H]2C3=CC[C@@H]4C(=O)N(c5ccc(I)cc5)C(=O)[C@@H]4[C@@H]3C[C@H]3C(=O)C(c4ccccc4)=CC(=O)[C@@]23c2ccccc2)cc(OC)c1O. The number of imide groups is 1. The van der Waals surface area contributed by atoms with E-state index in [1.165, 1.54) is 25.2 Å². The Labute approximate surface area is 320 Å². The van der Waals surface area contributed by atoms with Gasteiger partial charge in [-0.25, -0.2) is 0 Å². The molecule has 3 aliphatic carbocycles. The van der Waals surface area contributed by atoms with Gasteiger partial charge in [-0.1, -0.05) is 84.5 Å². The summed E-state index contributed by atoms with van der Waals surface area (Å²) in [5.74, 6) is -3.88. The average Bonchev–Trinajstić information content (AvgIpc) is 3.44. The summed E-state index contributed by atoms with van der Waals surface area (Å²) in [4.78, 5) is 60.1. The number of ketones is 2. The molecule has 1 aliphatic heterocycles. The number of amides is 2. The highest BCUT2D eigenvalue weighted by molar-refractivity contribution is 14.1. The third-order valence-electron chi connectivity index (χ3n) is 11.5. The Bertz CT molecular complexity index is 2220. The van der Waals surface area contributed by atoms with E-state index in [9.17, 15) is 14.7 Å². The summed E-state index contributed by atoms with van der Waals surface area (Å²) in [6, 6.07) is 29.3. The van der Waals surface area contributed by atoms with Crippen LogP contribution in [0.1, 0.15) is 29.5 Å². The molecule has 1 N–H and O–H groups in total. The molecule has 4 aromatic carbocycles. The van der Waals surface area contributed by atoms with Gasteiger partial charge in [0.2, 0.25) is 17.6 Å². The van der Waals surface area contributed by atoms with Crippen LogP contribution in [0.5, 0.6) is 17.2 Å². The first-order valence-electron chi connectivity index (χ1n) is 17.6. The van der Waals surface area contributed by atoms with Crippen LogP contribution in [0.25, 0.3) is 11.6 Å². The van der Waals surface area contributed by atoms with E-state index in [2.05, 4.69) is 22.6 Å². The summed E-state index contributed by atoms with van der Waals surface area (Å²) in [6.07, 6.45) is 7.88. The van der Waals surface area contributed by atoms with Crippen molar-refractivity contribution in [3.05, 3.63) is 141 Å². The van der Waals surface area contributed by atoms with Gasteiger partial charge in [0.25, 0.3) is 0 Å². The van der Waals surface area contributed by atoms with Crippen molar-refractivity contribution in [2.45, 2.75) is 18.3 Å². The molecule has 1 saturated heterocycles. The lowest BCUT2D eigenvalue weighted by Gasteiger charge is -2.54. The second-order valence-electron chi connectivity index (χ2n) is 14.0. The number of ether oxygens (including phenoxy) is 2. The molecule has 6 atom stereocenters. The minimum atomic E-state index is -1.34. The molecule has 2 fully saturated rings. The number of phenols is 1. The molecular weight excluding hydrogens is 781 g/mol. The Balaban J connectivity index is 1.33. The van der Waals surface area contributed by atoms with Crippen LogP contribution in [0.4, 0.5) is 5.69 Å². The third-order valence-corrected chi connectivity index (χ3v) is 12.2. The number of fused-ring (bicyclic) bond motifs is 4. The zero-order valence-corrected chi connectivity index (χ0v) is 31.2. The molecule has 0 unspecified atom stereocenters. The maximum absolute atomic E-state index is 15.1. The predicted octanol–water partition coefficient (Wildman–Crippen LogP) is 7.59. The van der Waals surface area contributed by atoms with Crippen molar-refractivity contribution in [1.82, 2.24) is 0 Å². The number of benzene rings is 4. The molecule has 8 nitrogen and oxygen atoms in total. The van der Waals surface area contributed by atoms with Crippen molar-refractivity contribution in [3.8, 4) is 17.2 Å². The Morgan fingerprint density at radius 3 is 2.11 bits per heavy atom. The average molecular weight is 818 g/mol. The highest BCUT2D eigenvalue weighted by Gasteiger charge is 2.65. The van der Waals surface area contributed by atoms with Crippen LogP contribution >= 0.6 is 22.6 Å². The van der Waals surface area contributed by atoms with Crippen LogP contribution in [0, 0.1) is 33.2 Å². The van der Waals surface area contributed by atoms with Gasteiger partial charge in [-0.3, -0.25) is 24.1 Å². The maximum Gasteiger partial charge on any atom is 0.238 e. The van der Waals surface area contributed by atoms with Gasteiger partial charge in [0, 0.05) is 21.0 Å². The molecule has 0 aromatic heterocycles. The summed E-state index contributed by atoms with van der Waals surface area (Å²) in [5, 5.41) is 10.6. The van der Waals surface area contributed by atoms with Gasteiger partial charge >= 0.3 is 0 Å². The molecule has 2 amide bonds. The van der Waals surface area contributed by atoms with Gasteiger partial charge in [-0.15, -0.1) is 0 Å². The summed E-state index contributed by atoms with van der Waals surface area (Å²) < 4.78 is 11.8. The van der Waals surface area contributed by atoms with Gasteiger partial charge in [0.05, 0.1) is 37.2 Å². The number of allylic oxidation sites excluding steroid dienone is 5. The van der Waals surface area contributed by atoms with Crippen LogP contribution in [-0.4, -0.2) is 42.7 Å². The topological polar surface area (TPSA) is 110 Å². The van der Waals surface area contributed by atoms with E-state index in [1.54, 1.807) is 24.3 Å². The molecule has 1 heterocycles. The fourth-order valence-electron chi connectivity index (χ4n) is 9.18. The smallest absolute Gasteiger partial charge is 0.238 e. The summed E-state index contributed by atoms with van der Waals surface area (Å²) in [7, 11) is 2.91. The molecule has 9 heteroatoms. The zero-order chi connectivity index (χ0) is 37.0. The van der Waals surface area contributed by atoms with E-state index in [-0.39, 0.29) is 47.1 Å². The number of methoxy groups -OCH3 is 2. The first-order valence-corrected chi connectivity index (χ1v) is 18.6. The molecule has 4 aromatic rings. The van der Waals surface area contributed by atoms with E-state index >= 15 is 9.59 Å². The molecule has 266 valence electrons. The minimum absolute atomic E-state index is 0.138. The van der Waals surface area contributed by atoms with Gasteiger partial charge in [0.1, 0.15) is 0 Å². The van der Waals surface area contributed by atoms with Crippen molar-refractivity contribution in [1.29, 1.82) is 0 Å². The number of Topliss-reactive ketones (excluding diaryl/α,β-unsaturated/α-hetero) is 1. The summed E-state index contributed by atoms with van der Waals surface area (Å²) in [6.45, 7) is 0. The van der Waals surface area contributed by atoms with Crippen molar-refractivity contribution in [2.24, 2.45) is 29.6 Å². The van der Waals surface area contributed by atoms with Gasteiger partial charge in [0.15, 0.2) is 23.1 Å².